The molecular weight excluding hydrogens is 328 g/mol. The van der Waals surface area contributed by atoms with Crippen LogP contribution in [-0.2, 0) is 17.6 Å². The molecule has 23 heavy (non-hydrogen) atoms. The Kier molecular flexibility index (Phi) is 4.89. The first-order valence-corrected chi connectivity index (χ1v) is 9.30. The number of nitrogens with zero attached hydrogens (tertiary/aromatic N) is 1. The zero-order chi connectivity index (χ0) is 16.2. The molecule has 1 aliphatic carbocycles. The topological polar surface area (TPSA) is 70.0 Å². The van der Waals surface area contributed by atoms with Crippen molar-refractivity contribution < 1.29 is 9.59 Å². The lowest BCUT2D eigenvalue weighted by molar-refractivity contribution is -0.116. The molecule has 0 aromatic carbocycles. The third-order valence-corrected chi connectivity index (χ3v) is 6.03. The minimum Gasteiger partial charge on any atom is -0.317 e. The summed E-state index contributed by atoms with van der Waals surface area (Å²) < 4.78 is 0. The van der Waals surface area contributed by atoms with Crippen LogP contribution in [0.15, 0.2) is 17.5 Å². The molecule has 0 radical (unpaired) electrons. The van der Waals surface area contributed by atoms with Crippen molar-refractivity contribution in [3.8, 4) is 6.07 Å². The van der Waals surface area contributed by atoms with Gasteiger partial charge in [-0.1, -0.05) is 6.07 Å². The Morgan fingerprint density at radius 2 is 2.09 bits per heavy atom. The van der Waals surface area contributed by atoms with Crippen LogP contribution in [0.2, 0.25) is 0 Å². The van der Waals surface area contributed by atoms with Gasteiger partial charge in [-0.05, 0) is 42.7 Å². The SMILES string of the molecule is N#Cc1c(NC(=O)CCC(=O)c2cccs2)sc2c1CCCC2. The van der Waals surface area contributed by atoms with E-state index in [0.29, 0.717) is 15.4 Å². The second-order valence-electron chi connectivity index (χ2n) is 5.48. The van der Waals surface area contributed by atoms with E-state index in [1.807, 2.05) is 11.4 Å². The molecule has 0 bridgehead atoms. The predicted octanol–water partition coefficient (Wildman–Crippen LogP) is 4.16. The summed E-state index contributed by atoms with van der Waals surface area (Å²) in [6, 6.07) is 5.82. The average Bonchev–Trinajstić information content (AvgIpc) is 3.19. The fourth-order valence-electron chi connectivity index (χ4n) is 2.75. The van der Waals surface area contributed by atoms with Gasteiger partial charge in [0.2, 0.25) is 5.91 Å². The summed E-state index contributed by atoms with van der Waals surface area (Å²) in [5, 5.41) is 14.7. The number of carbonyl (C=O) groups is 2. The van der Waals surface area contributed by atoms with Gasteiger partial charge in [-0.15, -0.1) is 22.7 Å². The number of Topliss-reactive ketones (excluding diaryl/α,β-unsaturated/α-hetero) is 1. The van der Waals surface area contributed by atoms with E-state index in [2.05, 4.69) is 11.4 Å². The second kappa shape index (κ2) is 7.07. The molecule has 0 aliphatic heterocycles. The van der Waals surface area contributed by atoms with Gasteiger partial charge in [-0.2, -0.15) is 5.26 Å². The van der Waals surface area contributed by atoms with Gasteiger partial charge in [0.15, 0.2) is 5.78 Å². The van der Waals surface area contributed by atoms with Crippen molar-refractivity contribution in [2.75, 3.05) is 5.32 Å². The van der Waals surface area contributed by atoms with Gasteiger partial charge >= 0.3 is 0 Å². The molecule has 0 saturated carbocycles. The summed E-state index contributed by atoms with van der Waals surface area (Å²) in [5.74, 6) is -0.217. The molecule has 3 rings (SSSR count). The summed E-state index contributed by atoms with van der Waals surface area (Å²) >= 11 is 2.90. The summed E-state index contributed by atoms with van der Waals surface area (Å²) in [6.45, 7) is 0. The van der Waals surface area contributed by atoms with E-state index in [4.69, 9.17) is 0 Å². The van der Waals surface area contributed by atoms with Gasteiger partial charge in [-0.3, -0.25) is 9.59 Å². The van der Waals surface area contributed by atoms with Crippen LogP contribution in [-0.4, -0.2) is 11.7 Å². The summed E-state index contributed by atoms with van der Waals surface area (Å²) in [7, 11) is 0. The minimum atomic E-state index is -0.204. The Balaban J connectivity index is 1.63. The largest absolute Gasteiger partial charge is 0.317 e. The third kappa shape index (κ3) is 3.52. The third-order valence-electron chi connectivity index (χ3n) is 3.91. The van der Waals surface area contributed by atoms with E-state index >= 15 is 0 Å². The zero-order valence-electron chi connectivity index (χ0n) is 12.6. The highest BCUT2D eigenvalue weighted by Gasteiger charge is 2.22. The molecule has 1 amide bonds. The standard InChI is InChI=1S/C17H16N2O2S2/c18-10-12-11-4-1-2-5-14(11)23-17(12)19-16(21)8-7-13(20)15-6-3-9-22-15/h3,6,9H,1-2,4-5,7-8H2,(H,19,21). The van der Waals surface area contributed by atoms with Crippen molar-refractivity contribution in [3.05, 3.63) is 38.4 Å². The van der Waals surface area contributed by atoms with Crippen molar-refractivity contribution in [1.29, 1.82) is 5.26 Å². The van der Waals surface area contributed by atoms with Crippen molar-refractivity contribution in [2.24, 2.45) is 0 Å². The predicted molar refractivity (Wildman–Crippen MR) is 92.2 cm³/mol. The number of thiophene rings is 2. The number of hydrogen-bond acceptors (Lipinski definition) is 5. The molecule has 1 N–H and O–H groups in total. The summed E-state index contributed by atoms with van der Waals surface area (Å²) in [4.78, 5) is 25.9. The molecule has 0 atom stereocenters. The van der Waals surface area contributed by atoms with Crippen molar-refractivity contribution in [1.82, 2.24) is 0 Å². The van der Waals surface area contributed by atoms with E-state index in [-0.39, 0.29) is 24.5 Å². The number of fused-ring (bicyclic) bond motifs is 1. The Hall–Kier alpha value is -1.97. The number of anilines is 1. The number of amides is 1. The maximum absolute atomic E-state index is 12.1. The van der Waals surface area contributed by atoms with Gasteiger partial charge in [-0.25, -0.2) is 0 Å². The Morgan fingerprint density at radius 1 is 1.26 bits per heavy atom. The van der Waals surface area contributed by atoms with E-state index in [0.717, 1.165) is 31.2 Å². The van der Waals surface area contributed by atoms with E-state index in [1.165, 1.54) is 27.6 Å². The highest BCUT2D eigenvalue weighted by Crippen LogP contribution is 2.37. The molecule has 4 nitrogen and oxygen atoms in total. The smallest absolute Gasteiger partial charge is 0.225 e. The van der Waals surface area contributed by atoms with Crippen LogP contribution in [0.25, 0.3) is 0 Å². The number of carbonyl (C=O) groups excluding carboxylic acids is 2. The highest BCUT2D eigenvalue weighted by atomic mass is 32.1. The van der Waals surface area contributed by atoms with Crippen molar-refractivity contribution in [3.63, 3.8) is 0 Å². The normalized spacial score (nSPS) is 13.2. The molecule has 0 fully saturated rings. The van der Waals surface area contributed by atoms with Crippen LogP contribution in [0.4, 0.5) is 5.00 Å². The van der Waals surface area contributed by atoms with E-state index < -0.39 is 0 Å². The number of nitrogens with one attached hydrogen (secondary N) is 1. The maximum Gasteiger partial charge on any atom is 0.225 e. The first-order valence-electron chi connectivity index (χ1n) is 7.60. The van der Waals surface area contributed by atoms with E-state index in [1.54, 1.807) is 6.07 Å². The highest BCUT2D eigenvalue weighted by molar-refractivity contribution is 7.16. The lowest BCUT2D eigenvalue weighted by atomic mass is 9.96. The van der Waals surface area contributed by atoms with Crippen LogP contribution >= 0.6 is 22.7 Å². The van der Waals surface area contributed by atoms with Gasteiger partial charge in [0.05, 0.1) is 10.4 Å². The van der Waals surface area contributed by atoms with Gasteiger partial charge in [0.25, 0.3) is 0 Å². The molecule has 2 heterocycles. The fourth-order valence-corrected chi connectivity index (χ4v) is 4.70. The Bertz CT molecular complexity index is 769. The minimum absolute atomic E-state index is 0.0128. The lowest BCUT2D eigenvalue weighted by Crippen LogP contribution is -2.13. The molecule has 0 spiro atoms. The summed E-state index contributed by atoms with van der Waals surface area (Å²) in [6.07, 6.45) is 4.48. The van der Waals surface area contributed by atoms with Crippen LogP contribution in [0, 0.1) is 11.3 Å². The van der Waals surface area contributed by atoms with Crippen molar-refractivity contribution >= 4 is 39.4 Å². The number of aryl methyl sites for hydroxylation is 1. The van der Waals surface area contributed by atoms with Crippen LogP contribution < -0.4 is 5.32 Å². The lowest BCUT2D eigenvalue weighted by Gasteiger charge is -2.09. The molecular formula is C17H16N2O2S2. The molecule has 2 aromatic rings. The molecule has 1 aliphatic rings. The average molecular weight is 344 g/mol. The second-order valence-corrected chi connectivity index (χ2v) is 7.53. The number of ketones is 1. The fraction of sp³-hybridized carbons (Fsp3) is 0.353. The number of nitriles is 1. The first-order chi connectivity index (χ1) is 11.2. The maximum atomic E-state index is 12.1. The van der Waals surface area contributed by atoms with Crippen molar-refractivity contribution in [2.45, 2.75) is 38.5 Å². The number of rotatable bonds is 5. The summed E-state index contributed by atoms with van der Waals surface area (Å²) in [5.41, 5.74) is 1.72. The molecule has 2 aromatic heterocycles. The monoisotopic (exact) mass is 344 g/mol. The molecule has 118 valence electrons. The molecule has 6 heteroatoms. The quantitative estimate of drug-likeness (QED) is 0.828. The first kappa shape index (κ1) is 15.9. The van der Waals surface area contributed by atoms with Gasteiger partial charge in [0, 0.05) is 17.7 Å². The Labute approximate surface area is 142 Å². The van der Waals surface area contributed by atoms with Crippen LogP contribution in [0.1, 0.15) is 51.4 Å². The van der Waals surface area contributed by atoms with Crippen LogP contribution in [0.5, 0.6) is 0 Å². The number of hydrogen-bond donors (Lipinski definition) is 1. The van der Waals surface area contributed by atoms with E-state index in [9.17, 15) is 14.9 Å². The van der Waals surface area contributed by atoms with Gasteiger partial charge in [0.1, 0.15) is 11.1 Å². The van der Waals surface area contributed by atoms with Crippen LogP contribution in [0.3, 0.4) is 0 Å². The zero-order valence-corrected chi connectivity index (χ0v) is 14.2. The Morgan fingerprint density at radius 3 is 2.83 bits per heavy atom. The van der Waals surface area contributed by atoms with Gasteiger partial charge < -0.3 is 5.32 Å². The molecule has 0 saturated heterocycles. The molecule has 0 unspecified atom stereocenters.